The zero-order valence-electron chi connectivity index (χ0n) is 9.63. The molecule has 1 aromatic carbocycles. The number of hydrogen-bond donors (Lipinski definition) is 2. The molecule has 0 atom stereocenters. The SMILES string of the molecule is CC(=O)c1ccc2c(C)c(CCN)[nH]c2c1. The Kier molecular flexibility index (Phi) is 2.79. The van der Waals surface area contributed by atoms with Gasteiger partial charge in [-0.25, -0.2) is 0 Å². The summed E-state index contributed by atoms with van der Waals surface area (Å²) in [7, 11) is 0. The average molecular weight is 216 g/mol. The van der Waals surface area contributed by atoms with E-state index in [-0.39, 0.29) is 5.78 Å². The first-order valence-corrected chi connectivity index (χ1v) is 5.45. The number of nitrogens with two attached hydrogens (primary N) is 1. The van der Waals surface area contributed by atoms with E-state index in [1.165, 1.54) is 16.6 Å². The summed E-state index contributed by atoms with van der Waals surface area (Å²) in [5.74, 6) is 0.0922. The van der Waals surface area contributed by atoms with E-state index in [1.54, 1.807) is 6.92 Å². The first kappa shape index (κ1) is 10.9. The van der Waals surface area contributed by atoms with Crippen LogP contribution in [0.25, 0.3) is 10.9 Å². The molecular formula is C13H16N2O. The van der Waals surface area contributed by atoms with Crippen molar-refractivity contribution in [1.82, 2.24) is 4.98 Å². The van der Waals surface area contributed by atoms with Gasteiger partial charge in [0.05, 0.1) is 0 Å². The summed E-state index contributed by atoms with van der Waals surface area (Å²) in [5, 5.41) is 1.17. The highest BCUT2D eigenvalue weighted by atomic mass is 16.1. The number of nitrogens with one attached hydrogen (secondary N) is 1. The van der Waals surface area contributed by atoms with E-state index in [0.717, 1.165) is 17.5 Å². The number of aryl methyl sites for hydroxylation is 1. The van der Waals surface area contributed by atoms with Gasteiger partial charge in [-0.1, -0.05) is 12.1 Å². The summed E-state index contributed by atoms with van der Waals surface area (Å²) in [6.45, 7) is 4.29. The molecule has 0 unspecified atom stereocenters. The number of aromatic nitrogens is 1. The summed E-state index contributed by atoms with van der Waals surface area (Å²) >= 11 is 0. The highest BCUT2D eigenvalue weighted by Gasteiger charge is 2.08. The van der Waals surface area contributed by atoms with Crippen LogP contribution >= 0.6 is 0 Å². The molecule has 0 fully saturated rings. The number of carbonyl (C=O) groups is 1. The fourth-order valence-electron chi connectivity index (χ4n) is 2.01. The van der Waals surface area contributed by atoms with Gasteiger partial charge in [-0.3, -0.25) is 4.79 Å². The first-order valence-electron chi connectivity index (χ1n) is 5.45. The smallest absolute Gasteiger partial charge is 0.159 e. The molecular weight excluding hydrogens is 200 g/mol. The lowest BCUT2D eigenvalue weighted by Crippen LogP contribution is -2.03. The van der Waals surface area contributed by atoms with Crippen molar-refractivity contribution in [3.8, 4) is 0 Å². The Labute approximate surface area is 94.6 Å². The Balaban J connectivity index is 2.58. The lowest BCUT2D eigenvalue weighted by molar-refractivity contribution is 0.101. The third-order valence-electron chi connectivity index (χ3n) is 2.96. The summed E-state index contributed by atoms with van der Waals surface area (Å²) in [4.78, 5) is 14.6. The van der Waals surface area contributed by atoms with E-state index < -0.39 is 0 Å². The van der Waals surface area contributed by atoms with Crippen molar-refractivity contribution in [2.45, 2.75) is 20.3 Å². The second-order valence-corrected chi connectivity index (χ2v) is 4.08. The van der Waals surface area contributed by atoms with Crippen molar-refractivity contribution in [3.05, 3.63) is 35.0 Å². The highest BCUT2D eigenvalue weighted by Crippen LogP contribution is 2.23. The molecule has 1 aromatic heterocycles. The second-order valence-electron chi connectivity index (χ2n) is 4.08. The second kappa shape index (κ2) is 4.10. The van der Waals surface area contributed by atoms with E-state index in [0.29, 0.717) is 6.54 Å². The molecule has 1 heterocycles. The summed E-state index contributed by atoms with van der Waals surface area (Å²) in [6, 6.07) is 5.78. The molecule has 0 spiro atoms. The van der Waals surface area contributed by atoms with Crippen LogP contribution in [0, 0.1) is 6.92 Å². The molecule has 84 valence electrons. The van der Waals surface area contributed by atoms with Gasteiger partial charge in [0.25, 0.3) is 0 Å². The average Bonchev–Trinajstić information content (AvgIpc) is 2.56. The van der Waals surface area contributed by atoms with Gasteiger partial charge in [0.1, 0.15) is 0 Å². The normalized spacial score (nSPS) is 10.9. The topological polar surface area (TPSA) is 58.9 Å². The van der Waals surface area contributed by atoms with Gasteiger partial charge in [-0.05, 0) is 32.0 Å². The molecule has 3 nitrogen and oxygen atoms in total. The van der Waals surface area contributed by atoms with Crippen LogP contribution in [0.4, 0.5) is 0 Å². The van der Waals surface area contributed by atoms with Crippen molar-refractivity contribution < 1.29 is 4.79 Å². The molecule has 2 rings (SSSR count). The van der Waals surface area contributed by atoms with E-state index in [1.807, 2.05) is 18.2 Å². The Morgan fingerprint density at radius 1 is 1.44 bits per heavy atom. The number of carbonyl (C=O) groups excluding carboxylic acids is 1. The maximum Gasteiger partial charge on any atom is 0.159 e. The van der Waals surface area contributed by atoms with Crippen LogP contribution in [0.2, 0.25) is 0 Å². The monoisotopic (exact) mass is 216 g/mol. The molecule has 0 bridgehead atoms. The van der Waals surface area contributed by atoms with Crippen molar-refractivity contribution >= 4 is 16.7 Å². The fourth-order valence-corrected chi connectivity index (χ4v) is 2.01. The van der Waals surface area contributed by atoms with Gasteiger partial charge in [-0.2, -0.15) is 0 Å². The molecule has 0 aliphatic rings. The molecule has 0 amide bonds. The predicted molar refractivity (Wildman–Crippen MR) is 65.8 cm³/mol. The number of Topliss-reactive ketones (excluding diaryl/α,β-unsaturated/α-hetero) is 1. The molecule has 0 saturated heterocycles. The van der Waals surface area contributed by atoms with Crippen molar-refractivity contribution in [3.63, 3.8) is 0 Å². The number of H-pyrrole nitrogens is 1. The van der Waals surface area contributed by atoms with Crippen LogP contribution in [0.5, 0.6) is 0 Å². The summed E-state index contributed by atoms with van der Waals surface area (Å²) in [6.07, 6.45) is 0.843. The first-order chi connectivity index (χ1) is 7.63. The van der Waals surface area contributed by atoms with Crippen LogP contribution < -0.4 is 5.73 Å². The minimum absolute atomic E-state index is 0.0922. The van der Waals surface area contributed by atoms with Crippen LogP contribution in [0.3, 0.4) is 0 Å². The van der Waals surface area contributed by atoms with Crippen molar-refractivity contribution in [2.75, 3.05) is 6.54 Å². The summed E-state index contributed by atoms with van der Waals surface area (Å²) in [5.41, 5.74) is 9.72. The van der Waals surface area contributed by atoms with E-state index >= 15 is 0 Å². The third-order valence-corrected chi connectivity index (χ3v) is 2.96. The van der Waals surface area contributed by atoms with Gasteiger partial charge in [0, 0.05) is 28.6 Å². The quantitative estimate of drug-likeness (QED) is 0.772. The van der Waals surface area contributed by atoms with E-state index in [4.69, 9.17) is 5.73 Å². The van der Waals surface area contributed by atoms with E-state index in [2.05, 4.69) is 11.9 Å². The molecule has 0 saturated carbocycles. The third kappa shape index (κ3) is 1.74. The number of fused-ring (bicyclic) bond motifs is 1. The van der Waals surface area contributed by atoms with Crippen LogP contribution in [0.15, 0.2) is 18.2 Å². The molecule has 3 N–H and O–H groups in total. The number of rotatable bonds is 3. The number of hydrogen-bond acceptors (Lipinski definition) is 2. The van der Waals surface area contributed by atoms with Crippen LogP contribution in [0.1, 0.15) is 28.5 Å². The minimum Gasteiger partial charge on any atom is -0.358 e. The standard InChI is InChI=1S/C13H16N2O/c1-8-11-4-3-10(9(2)16)7-13(11)15-12(8)5-6-14/h3-4,7,15H,5-6,14H2,1-2H3. The van der Waals surface area contributed by atoms with Gasteiger partial charge < -0.3 is 10.7 Å². The lowest BCUT2D eigenvalue weighted by Gasteiger charge is -1.96. The molecule has 16 heavy (non-hydrogen) atoms. The van der Waals surface area contributed by atoms with E-state index in [9.17, 15) is 4.79 Å². The van der Waals surface area contributed by atoms with Crippen molar-refractivity contribution in [2.24, 2.45) is 5.73 Å². The number of benzene rings is 1. The Bertz CT molecular complexity index is 540. The van der Waals surface area contributed by atoms with Gasteiger partial charge in [0.2, 0.25) is 0 Å². The largest absolute Gasteiger partial charge is 0.358 e. The molecule has 0 aliphatic heterocycles. The molecule has 0 radical (unpaired) electrons. The lowest BCUT2D eigenvalue weighted by atomic mass is 10.1. The Hall–Kier alpha value is -1.61. The van der Waals surface area contributed by atoms with Gasteiger partial charge in [0.15, 0.2) is 5.78 Å². The van der Waals surface area contributed by atoms with Crippen molar-refractivity contribution in [1.29, 1.82) is 0 Å². The molecule has 3 heteroatoms. The zero-order chi connectivity index (χ0) is 11.7. The minimum atomic E-state index is 0.0922. The predicted octanol–water partition coefficient (Wildman–Crippen LogP) is 2.18. The number of ketones is 1. The Morgan fingerprint density at radius 2 is 2.19 bits per heavy atom. The number of aromatic amines is 1. The van der Waals surface area contributed by atoms with Crippen LogP contribution in [-0.2, 0) is 6.42 Å². The summed E-state index contributed by atoms with van der Waals surface area (Å²) < 4.78 is 0. The molecule has 2 aromatic rings. The van der Waals surface area contributed by atoms with Crippen LogP contribution in [-0.4, -0.2) is 17.3 Å². The fraction of sp³-hybridized carbons (Fsp3) is 0.308. The van der Waals surface area contributed by atoms with Gasteiger partial charge in [-0.15, -0.1) is 0 Å². The molecule has 0 aliphatic carbocycles. The van der Waals surface area contributed by atoms with Gasteiger partial charge >= 0.3 is 0 Å². The maximum atomic E-state index is 11.3. The maximum absolute atomic E-state index is 11.3. The zero-order valence-corrected chi connectivity index (χ0v) is 9.63. The Morgan fingerprint density at radius 3 is 2.81 bits per heavy atom. The highest BCUT2D eigenvalue weighted by molar-refractivity contribution is 5.98.